The molecule has 2 aliphatic rings. The molecule has 1 fully saturated rings. The zero-order chi connectivity index (χ0) is 18.7. The van der Waals surface area contributed by atoms with Crippen molar-refractivity contribution in [2.45, 2.75) is 38.0 Å². The lowest BCUT2D eigenvalue weighted by Gasteiger charge is -2.29. The van der Waals surface area contributed by atoms with E-state index in [4.69, 9.17) is 10.5 Å². The van der Waals surface area contributed by atoms with E-state index in [1.165, 1.54) is 0 Å². The maximum absolute atomic E-state index is 12.6. The molecule has 4 N–H and O–H groups in total. The summed E-state index contributed by atoms with van der Waals surface area (Å²) in [5, 5.41) is 5.58. The van der Waals surface area contributed by atoms with Gasteiger partial charge in [0.2, 0.25) is 11.8 Å². The molecule has 2 heterocycles. The van der Waals surface area contributed by atoms with Crippen molar-refractivity contribution in [1.82, 2.24) is 15.5 Å². The summed E-state index contributed by atoms with van der Waals surface area (Å²) in [6, 6.07) is 5.03. The monoisotopic (exact) mass is 360 g/mol. The summed E-state index contributed by atoms with van der Waals surface area (Å²) in [5.74, 6) is -0.831. The molecule has 0 aromatic heterocycles. The van der Waals surface area contributed by atoms with Gasteiger partial charge < -0.3 is 20.7 Å². The summed E-state index contributed by atoms with van der Waals surface area (Å²) in [5.41, 5.74) is 8.45. The number of ether oxygens (including phenoxy) is 1. The lowest BCUT2D eigenvalue weighted by Crippen LogP contribution is -2.52. The summed E-state index contributed by atoms with van der Waals surface area (Å²) in [6.45, 7) is 2.15. The lowest BCUT2D eigenvalue weighted by atomic mass is 10.0. The topological polar surface area (TPSA) is 114 Å². The minimum absolute atomic E-state index is 0.0704. The van der Waals surface area contributed by atoms with Crippen LogP contribution in [0, 0.1) is 0 Å². The highest BCUT2D eigenvalue weighted by Crippen LogP contribution is 2.28. The number of nitrogens with one attached hydrogen (secondary N) is 2. The van der Waals surface area contributed by atoms with E-state index in [0.717, 1.165) is 11.1 Å². The van der Waals surface area contributed by atoms with Crippen molar-refractivity contribution >= 4 is 17.7 Å². The SMILES string of the molecule is COCC(N)CNCc1ccc2c(c1)CN(C1CCC(=O)NC1=O)C2=O. The Bertz CT molecular complexity index is 721. The second-order valence-corrected chi connectivity index (χ2v) is 6.74. The van der Waals surface area contributed by atoms with Crippen LogP contribution in [0.25, 0.3) is 0 Å². The average Bonchev–Trinajstić information content (AvgIpc) is 2.91. The van der Waals surface area contributed by atoms with Crippen LogP contribution in [0.3, 0.4) is 0 Å². The number of hydrogen-bond acceptors (Lipinski definition) is 6. The van der Waals surface area contributed by atoms with E-state index in [1.807, 2.05) is 12.1 Å². The van der Waals surface area contributed by atoms with Crippen LogP contribution in [-0.2, 0) is 27.4 Å². The van der Waals surface area contributed by atoms with Crippen molar-refractivity contribution in [3.8, 4) is 0 Å². The lowest BCUT2D eigenvalue weighted by molar-refractivity contribution is -0.136. The largest absolute Gasteiger partial charge is 0.383 e. The molecule has 0 aliphatic carbocycles. The molecule has 0 spiro atoms. The van der Waals surface area contributed by atoms with E-state index in [0.29, 0.717) is 38.2 Å². The summed E-state index contributed by atoms with van der Waals surface area (Å²) in [4.78, 5) is 37.5. The molecule has 1 aromatic carbocycles. The molecule has 140 valence electrons. The van der Waals surface area contributed by atoms with Gasteiger partial charge in [-0.25, -0.2) is 0 Å². The van der Waals surface area contributed by atoms with Crippen LogP contribution in [0.1, 0.15) is 34.3 Å². The zero-order valence-corrected chi connectivity index (χ0v) is 14.8. The Balaban J connectivity index is 1.63. The zero-order valence-electron chi connectivity index (χ0n) is 14.8. The van der Waals surface area contributed by atoms with Gasteiger partial charge >= 0.3 is 0 Å². The number of hydrogen-bond donors (Lipinski definition) is 3. The van der Waals surface area contributed by atoms with Crippen LogP contribution in [-0.4, -0.2) is 55.0 Å². The van der Waals surface area contributed by atoms with Crippen LogP contribution >= 0.6 is 0 Å². The number of nitrogens with two attached hydrogens (primary N) is 1. The van der Waals surface area contributed by atoms with Gasteiger partial charge in [0.25, 0.3) is 5.91 Å². The number of benzene rings is 1. The predicted molar refractivity (Wildman–Crippen MR) is 94.0 cm³/mol. The average molecular weight is 360 g/mol. The smallest absolute Gasteiger partial charge is 0.255 e. The Morgan fingerprint density at radius 1 is 1.38 bits per heavy atom. The third-order valence-corrected chi connectivity index (χ3v) is 4.70. The van der Waals surface area contributed by atoms with Gasteiger partial charge in [0, 0.05) is 44.8 Å². The van der Waals surface area contributed by atoms with Gasteiger partial charge in [0.1, 0.15) is 6.04 Å². The summed E-state index contributed by atoms with van der Waals surface area (Å²) >= 11 is 0. The first-order valence-corrected chi connectivity index (χ1v) is 8.71. The number of rotatable bonds is 7. The van der Waals surface area contributed by atoms with E-state index in [9.17, 15) is 14.4 Å². The first-order valence-electron chi connectivity index (χ1n) is 8.71. The van der Waals surface area contributed by atoms with Crippen molar-refractivity contribution in [1.29, 1.82) is 0 Å². The molecule has 0 bridgehead atoms. The van der Waals surface area contributed by atoms with Gasteiger partial charge in [0.05, 0.1) is 6.61 Å². The summed E-state index contributed by atoms with van der Waals surface area (Å²) in [7, 11) is 1.62. The predicted octanol–water partition coefficient (Wildman–Crippen LogP) is -0.489. The molecule has 8 heteroatoms. The Morgan fingerprint density at radius 3 is 2.92 bits per heavy atom. The third kappa shape index (κ3) is 3.92. The molecule has 1 saturated heterocycles. The van der Waals surface area contributed by atoms with E-state index in [1.54, 1.807) is 18.1 Å². The van der Waals surface area contributed by atoms with E-state index >= 15 is 0 Å². The van der Waals surface area contributed by atoms with Crippen LogP contribution in [0.2, 0.25) is 0 Å². The molecule has 3 rings (SSSR count). The number of amides is 3. The fourth-order valence-corrected chi connectivity index (χ4v) is 3.41. The summed E-state index contributed by atoms with van der Waals surface area (Å²) < 4.78 is 5.00. The van der Waals surface area contributed by atoms with Crippen LogP contribution in [0.4, 0.5) is 0 Å². The van der Waals surface area contributed by atoms with E-state index in [-0.39, 0.29) is 24.3 Å². The molecule has 2 unspecified atom stereocenters. The van der Waals surface area contributed by atoms with Crippen molar-refractivity contribution in [2.24, 2.45) is 5.73 Å². The van der Waals surface area contributed by atoms with Gasteiger partial charge in [0.15, 0.2) is 0 Å². The molecule has 26 heavy (non-hydrogen) atoms. The van der Waals surface area contributed by atoms with Crippen LogP contribution < -0.4 is 16.4 Å². The molecule has 0 radical (unpaired) electrons. The second kappa shape index (κ2) is 7.94. The molecule has 0 saturated carbocycles. The van der Waals surface area contributed by atoms with Crippen LogP contribution in [0.5, 0.6) is 0 Å². The van der Waals surface area contributed by atoms with Gasteiger partial charge in [-0.2, -0.15) is 0 Å². The van der Waals surface area contributed by atoms with Gasteiger partial charge in [-0.3, -0.25) is 19.7 Å². The van der Waals surface area contributed by atoms with Crippen LogP contribution in [0.15, 0.2) is 18.2 Å². The first-order chi connectivity index (χ1) is 12.5. The number of carbonyl (C=O) groups is 3. The molecule has 3 amide bonds. The number of nitrogens with zero attached hydrogens (tertiary/aromatic N) is 1. The Morgan fingerprint density at radius 2 is 2.19 bits per heavy atom. The highest BCUT2D eigenvalue weighted by molar-refractivity contribution is 6.05. The number of carbonyl (C=O) groups excluding carboxylic acids is 3. The molecule has 2 aliphatic heterocycles. The minimum atomic E-state index is -0.582. The minimum Gasteiger partial charge on any atom is -0.383 e. The fourth-order valence-electron chi connectivity index (χ4n) is 3.41. The molecule has 2 atom stereocenters. The maximum atomic E-state index is 12.6. The summed E-state index contributed by atoms with van der Waals surface area (Å²) in [6.07, 6.45) is 0.629. The number of fused-ring (bicyclic) bond motifs is 1. The molecule has 1 aromatic rings. The molecular weight excluding hydrogens is 336 g/mol. The first kappa shape index (κ1) is 18.5. The van der Waals surface area contributed by atoms with Crippen molar-refractivity contribution < 1.29 is 19.1 Å². The van der Waals surface area contributed by atoms with Crippen molar-refractivity contribution in [2.75, 3.05) is 20.3 Å². The van der Waals surface area contributed by atoms with Crippen molar-refractivity contribution in [3.63, 3.8) is 0 Å². The number of imide groups is 1. The quantitative estimate of drug-likeness (QED) is 0.566. The van der Waals surface area contributed by atoms with E-state index < -0.39 is 11.9 Å². The normalized spacial score (nSPS) is 20.9. The van der Waals surface area contributed by atoms with Gasteiger partial charge in [-0.15, -0.1) is 0 Å². The van der Waals surface area contributed by atoms with Gasteiger partial charge in [-0.1, -0.05) is 12.1 Å². The number of piperidine rings is 1. The highest BCUT2D eigenvalue weighted by Gasteiger charge is 2.38. The third-order valence-electron chi connectivity index (χ3n) is 4.70. The van der Waals surface area contributed by atoms with E-state index in [2.05, 4.69) is 10.6 Å². The number of methoxy groups -OCH3 is 1. The Labute approximate surface area is 152 Å². The van der Waals surface area contributed by atoms with Gasteiger partial charge in [-0.05, 0) is 23.6 Å². The Hall–Kier alpha value is -2.29. The second-order valence-electron chi connectivity index (χ2n) is 6.74. The molecule has 8 nitrogen and oxygen atoms in total. The maximum Gasteiger partial charge on any atom is 0.255 e. The highest BCUT2D eigenvalue weighted by atomic mass is 16.5. The fraction of sp³-hybridized carbons (Fsp3) is 0.500. The standard InChI is InChI=1S/C18H24N4O4/c1-26-10-13(19)8-20-7-11-2-3-14-12(6-11)9-22(18(14)25)15-4-5-16(23)21-17(15)24/h2-3,6,13,15,20H,4-5,7-10,19H2,1H3,(H,21,23,24). The Kier molecular flexibility index (Phi) is 5.65. The van der Waals surface area contributed by atoms with Crippen molar-refractivity contribution in [3.05, 3.63) is 34.9 Å². The molecular formula is C18H24N4O4.